The normalized spacial score (nSPS) is 9.00. The van der Waals surface area contributed by atoms with Gasteiger partial charge in [-0.05, 0) is 0 Å². The quantitative estimate of drug-likeness (QED) is 0.806. The molecule has 5 nitrogen and oxygen atoms in total. The van der Waals surface area contributed by atoms with Crippen molar-refractivity contribution in [3.05, 3.63) is 12.5 Å². The Hall–Kier alpha value is -1.30. The molecule has 0 atom stereocenters. The smallest absolute Gasteiger partial charge is 0.220 e. The van der Waals surface area contributed by atoms with Crippen LogP contribution in [0, 0.1) is 0 Å². The second-order valence-electron chi connectivity index (χ2n) is 3.07. The summed E-state index contributed by atoms with van der Waals surface area (Å²) in [6, 6.07) is 0. The molecule has 102 valence electrons. The van der Waals surface area contributed by atoms with Crippen LogP contribution < -0.4 is 4.68 Å². The number of rotatable bonds is 3. The number of aromatic nitrogens is 5. The molecule has 0 radical (unpaired) electrons. The van der Waals surface area contributed by atoms with Gasteiger partial charge in [0.25, 0.3) is 0 Å². The molecule has 0 aromatic carbocycles. The van der Waals surface area contributed by atoms with Gasteiger partial charge in [0.2, 0.25) is 6.20 Å². The fourth-order valence-electron chi connectivity index (χ4n) is 1.16. The molecule has 0 aliphatic carbocycles. The van der Waals surface area contributed by atoms with E-state index in [4.69, 9.17) is 0 Å². The molecule has 0 amide bonds. The van der Waals surface area contributed by atoms with Crippen LogP contribution in [0.4, 0.5) is 0 Å². The first kappa shape index (κ1) is 16.7. The van der Waals surface area contributed by atoms with Crippen LogP contribution in [0.25, 0.3) is 10.7 Å². The Morgan fingerprint density at radius 3 is 2.44 bits per heavy atom. The van der Waals surface area contributed by atoms with Crippen LogP contribution in [0.1, 0.15) is 41.0 Å². The lowest BCUT2D eigenvalue weighted by molar-refractivity contribution is -0.746. The fourth-order valence-corrected chi connectivity index (χ4v) is 1.83. The van der Waals surface area contributed by atoms with Gasteiger partial charge in [0.15, 0.2) is 17.2 Å². The molecule has 0 bridgehead atoms. The van der Waals surface area contributed by atoms with Crippen LogP contribution in [0.5, 0.6) is 0 Å². The second kappa shape index (κ2) is 9.70. The predicted molar refractivity (Wildman–Crippen MR) is 75.3 cm³/mol. The minimum atomic E-state index is 0.750. The minimum absolute atomic E-state index is 0.750. The second-order valence-corrected chi connectivity index (χ2v) is 3.86. The third-order valence-electron chi connectivity index (χ3n) is 1.78. The van der Waals surface area contributed by atoms with Gasteiger partial charge < -0.3 is 0 Å². The van der Waals surface area contributed by atoms with Crippen LogP contribution in [-0.2, 0) is 13.6 Å². The summed E-state index contributed by atoms with van der Waals surface area (Å²) in [6.07, 6.45) is 4.77. The standard InChI is InChI=1S/C8H12N5S.2C2H6/c1-3-4-13-5-7(14-11-13)8-9-6-12(2)10-8;2*1-2/h5-6H,3-4H2,1-2H3;2*1-2H3/q+1;;. The van der Waals surface area contributed by atoms with Crippen molar-refractivity contribution in [1.82, 2.24) is 19.3 Å². The van der Waals surface area contributed by atoms with Crippen molar-refractivity contribution in [3.63, 3.8) is 0 Å². The van der Waals surface area contributed by atoms with Gasteiger partial charge >= 0.3 is 0 Å². The molecule has 2 heterocycles. The van der Waals surface area contributed by atoms with Gasteiger partial charge in [0.1, 0.15) is 6.33 Å². The van der Waals surface area contributed by atoms with Crippen molar-refractivity contribution in [3.8, 4) is 10.7 Å². The lowest BCUT2D eigenvalue weighted by Gasteiger charge is -1.82. The highest BCUT2D eigenvalue weighted by Gasteiger charge is 2.13. The molecule has 2 aromatic rings. The first-order valence-electron chi connectivity index (χ1n) is 6.52. The summed E-state index contributed by atoms with van der Waals surface area (Å²) in [6.45, 7) is 11.1. The molecule has 2 rings (SSSR count). The Morgan fingerprint density at radius 2 is 1.94 bits per heavy atom. The van der Waals surface area contributed by atoms with Crippen LogP contribution in [-0.4, -0.2) is 19.3 Å². The molecule has 18 heavy (non-hydrogen) atoms. The van der Waals surface area contributed by atoms with Crippen LogP contribution >= 0.6 is 11.5 Å². The molecule has 0 aliphatic heterocycles. The number of aryl methyl sites for hydroxylation is 2. The van der Waals surface area contributed by atoms with Crippen molar-refractivity contribution in [2.75, 3.05) is 0 Å². The van der Waals surface area contributed by atoms with Crippen LogP contribution in [0.3, 0.4) is 0 Å². The Bertz CT molecular complexity index is 422. The predicted octanol–water partition coefficient (Wildman–Crippen LogP) is 2.69. The van der Waals surface area contributed by atoms with Gasteiger partial charge in [-0.1, -0.05) is 39.3 Å². The Balaban J connectivity index is 0.000000659. The summed E-state index contributed by atoms with van der Waals surface area (Å²) in [4.78, 5) is 5.18. The summed E-state index contributed by atoms with van der Waals surface area (Å²) >= 11 is 1.43. The maximum absolute atomic E-state index is 4.26. The molecule has 6 heteroatoms. The van der Waals surface area contributed by atoms with E-state index in [2.05, 4.69) is 21.5 Å². The topological polar surface area (TPSA) is 47.5 Å². The fraction of sp³-hybridized carbons (Fsp3) is 0.667. The van der Waals surface area contributed by atoms with Gasteiger partial charge in [-0.3, -0.25) is 4.68 Å². The van der Waals surface area contributed by atoms with Crippen LogP contribution in [0.15, 0.2) is 12.5 Å². The van der Waals surface area contributed by atoms with Crippen molar-refractivity contribution in [2.24, 2.45) is 7.05 Å². The van der Waals surface area contributed by atoms with Gasteiger partial charge in [-0.25, -0.2) is 4.98 Å². The monoisotopic (exact) mass is 270 g/mol. The number of hydrogen-bond donors (Lipinski definition) is 0. The third kappa shape index (κ3) is 4.91. The number of nitrogens with zero attached hydrogens (tertiary/aromatic N) is 5. The zero-order valence-corrected chi connectivity index (χ0v) is 13.0. The maximum atomic E-state index is 4.26. The minimum Gasteiger partial charge on any atom is -0.255 e. The Labute approximate surface area is 114 Å². The number of hydrogen-bond acceptors (Lipinski definition) is 4. The van der Waals surface area contributed by atoms with E-state index in [9.17, 15) is 0 Å². The van der Waals surface area contributed by atoms with Crippen LogP contribution in [0.2, 0.25) is 0 Å². The Kier molecular flexibility index (Phi) is 9.00. The van der Waals surface area contributed by atoms with E-state index in [0.29, 0.717) is 0 Å². The zero-order chi connectivity index (χ0) is 14.0. The summed E-state index contributed by atoms with van der Waals surface area (Å²) in [5.41, 5.74) is 0. The maximum Gasteiger partial charge on any atom is 0.220 e. The average Bonchev–Trinajstić information content (AvgIpc) is 3.04. The molecule has 0 aliphatic rings. The molecule has 0 N–H and O–H groups in total. The summed E-state index contributed by atoms with van der Waals surface area (Å²) < 4.78 is 7.88. The van der Waals surface area contributed by atoms with Crippen molar-refractivity contribution in [1.29, 1.82) is 0 Å². The first-order valence-corrected chi connectivity index (χ1v) is 7.29. The Morgan fingerprint density at radius 1 is 1.28 bits per heavy atom. The third-order valence-corrected chi connectivity index (χ3v) is 2.56. The van der Waals surface area contributed by atoms with Gasteiger partial charge in [-0.2, -0.15) is 5.10 Å². The zero-order valence-electron chi connectivity index (χ0n) is 12.2. The van der Waals surface area contributed by atoms with E-state index < -0.39 is 0 Å². The molecular weight excluding hydrogens is 246 g/mol. The lowest BCUT2D eigenvalue weighted by Crippen LogP contribution is -2.33. The summed E-state index contributed by atoms with van der Waals surface area (Å²) in [7, 11) is 1.86. The molecule has 0 fully saturated rings. The van der Waals surface area contributed by atoms with E-state index in [0.717, 1.165) is 23.7 Å². The van der Waals surface area contributed by atoms with Gasteiger partial charge in [0, 0.05) is 25.0 Å². The molecule has 0 spiro atoms. The lowest BCUT2D eigenvalue weighted by atomic mass is 10.5. The van der Waals surface area contributed by atoms with E-state index in [-0.39, 0.29) is 0 Å². The highest BCUT2D eigenvalue weighted by molar-refractivity contribution is 7.08. The van der Waals surface area contributed by atoms with Crippen molar-refractivity contribution >= 4 is 11.5 Å². The van der Waals surface area contributed by atoms with Gasteiger partial charge in [-0.15, -0.1) is 0 Å². The highest BCUT2D eigenvalue weighted by Crippen LogP contribution is 2.14. The SMILES string of the molecule is CC.CC.CCC[n+]1cc(-c2ncn(C)n2)sn1. The van der Waals surface area contributed by atoms with E-state index in [1.165, 1.54) is 11.5 Å². The van der Waals surface area contributed by atoms with Crippen molar-refractivity contribution < 1.29 is 4.68 Å². The van der Waals surface area contributed by atoms with E-state index in [1.54, 1.807) is 11.0 Å². The van der Waals surface area contributed by atoms with E-state index in [1.807, 2.05) is 45.6 Å². The molecule has 0 unspecified atom stereocenters. The molecule has 0 saturated heterocycles. The van der Waals surface area contributed by atoms with E-state index >= 15 is 0 Å². The molecule has 0 saturated carbocycles. The van der Waals surface area contributed by atoms with Crippen molar-refractivity contribution in [2.45, 2.75) is 47.6 Å². The molecule has 2 aromatic heterocycles. The summed E-state index contributed by atoms with van der Waals surface area (Å²) in [5, 5.41) is 4.22. The van der Waals surface area contributed by atoms with Gasteiger partial charge in [0.05, 0.1) is 4.49 Å². The average molecular weight is 270 g/mol. The molecular formula is C12H24N5S+. The highest BCUT2D eigenvalue weighted by atomic mass is 32.1. The summed E-state index contributed by atoms with van der Waals surface area (Å²) in [5.74, 6) is 0.750. The largest absolute Gasteiger partial charge is 0.255 e. The first-order chi connectivity index (χ1) is 8.79.